The predicted molar refractivity (Wildman–Crippen MR) is 89.0 cm³/mol. The van der Waals surface area contributed by atoms with Gasteiger partial charge in [0.15, 0.2) is 0 Å². The van der Waals surface area contributed by atoms with Crippen molar-refractivity contribution in [3.05, 3.63) is 66.4 Å². The minimum Gasteiger partial charge on any atom is -0.508 e. The topological polar surface area (TPSA) is 95.6 Å². The average Bonchev–Trinajstić information content (AvgIpc) is 2.98. The Balaban J connectivity index is 2.11. The second-order valence-corrected chi connectivity index (χ2v) is 5.12. The second kappa shape index (κ2) is 6.29. The lowest BCUT2D eigenvalue weighted by Gasteiger charge is -2.01. The summed E-state index contributed by atoms with van der Waals surface area (Å²) in [5, 5.41) is 32.4. The largest absolute Gasteiger partial charge is 0.508 e. The van der Waals surface area contributed by atoms with Crippen molar-refractivity contribution in [1.82, 2.24) is 9.78 Å². The number of carboxylic acid groups (broad SMARTS) is 1. The Bertz CT molecular complexity index is 911. The number of phenols is 2. The monoisotopic (exact) mass is 322 g/mol. The van der Waals surface area contributed by atoms with Gasteiger partial charge in [-0.05, 0) is 42.5 Å². The first-order valence-corrected chi connectivity index (χ1v) is 7.12. The number of hydrogen-bond donors (Lipinski definition) is 3. The van der Waals surface area contributed by atoms with Crippen LogP contribution >= 0.6 is 0 Å². The predicted octanol–water partition coefficient (Wildman–Crippen LogP) is 3.05. The van der Waals surface area contributed by atoms with Gasteiger partial charge in [-0.15, -0.1) is 0 Å². The van der Waals surface area contributed by atoms with Gasteiger partial charge in [0, 0.05) is 23.4 Å². The molecular weight excluding hydrogens is 308 g/mol. The van der Waals surface area contributed by atoms with Crippen molar-refractivity contribution in [3.63, 3.8) is 0 Å². The first-order chi connectivity index (χ1) is 11.5. The zero-order chi connectivity index (χ0) is 17.1. The fraction of sp³-hybridized carbons (Fsp3) is 0. The van der Waals surface area contributed by atoms with Crippen molar-refractivity contribution < 1.29 is 20.1 Å². The maximum atomic E-state index is 10.8. The molecule has 2 aromatic carbocycles. The van der Waals surface area contributed by atoms with Crippen molar-refractivity contribution in [3.8, 4) is 28.4 Å². The molecule has 0 aliphatic rings. The van der Waals surface area contributed by atoms with E-state index in [1.807, 2.05) is 0 Å². The molecule has 1 aromatic heterocycles. The Kier molecular flexibility index (Phi) is 4.03. The summed E-state index contributed by atoms with van der Waals surface area (Å²) in [5.74, 6) is -0.820. The number of carboxylic acids is 1. The van der Waals surface area contributed by atoms with Crippen molar-refractivity contribution in [2.24, 2.45) is 0 Å². The second-order valence-electron chi connectivity index (χ2n) is 5.12. The van der Waals surface area contributed by atoms with Gasteiger partial charge in [0.2, 0.25) is 0 Å². The number of phenolic OH excluding ortho intramolecular Hbond substituents is 2. The molecule has 3 aromatic rings. The minimum absolute atomic E-state index is 0.0971. The van der Waals surface area contributed by atoms with Crippen molar-refractivity contribution in [1.29, 1.82) is 0 Å². The van der Waals surface area contributed by atoms with Crippen LogP contribution in [0.2, 0.25) is 0 Å². The third-order valence-electron chi connectivity index (χ3n) is 3.38. The van der Waals surface area contributed by atoms with E-state index < -0.39 is 5.97 Å². The highest BCUT2D eigenvalue weighted by atomic mass is 16.4. The number of aliphatic carboxylic acids is 1. The lowest BCUT2D eigenvalue weighted by molar-refractivity contribution is -0.131. The van der Waals surface area contributed by atoms with E-state index in [9.17, 15) is 15.0 Å². The molecule has 6 heteroatoms. The van der Waals surface area contributed by atoms with Crippen LogP contribution < -0.4 is 0 Å². The first-order valence-electron chi connectivity index (χ1n) is 7.12. The van der Waals surface area contributed by atoms with Crippen LogP contribution in [0.1, 0.15) is 5.56 Å². The van der Waals surface area contributed by atoms with Crippen molar-refractivity contribution in [2.45, 2.75) is 0 Å². The van der Waals surface area contributed by atoms with E-state index in [0.717, 1.165) is 6.08 Å². The molecule has 0 aliphatic carbocycles. The Morgan fingerprint density at radius 3 is 2.46 bits per heavy atom. The number of nitrogens with zero attached hydrogens (tertiary/aromatic N) is 2. The van der Waals surface area contributed by atoms with Gasteiger partial charge in [0.25, 0.3) is 0 Å². The number of aromatic nitrogens is 2. The molecular formula is C18H14N2O4. The number of rotatable bonds is 4. The fourth-order valence-corrected chi connectivity index (χ4v) is 2.29. The summed E-state index contributed by atoms with van der Waals surface area (Å²) in [4.78, 5) is 10.8. The Hall–Kier alpha value is -3.54. The van der Waals surface area contributed by atoms with Gasteiger partial charge in [-0.3, -0.25) is 0 Å². The summed E-state index contributed by atoms with van der Waals surface area (Å²) in [6.07, 6.45) is 4.17. The van der Waals surface area contributed by atoms with Crippen LogP contribution in [0, 0.1) is 0 Å². The molecule has 1 heterocycles. The van der Waals surface area contributed by atoms with E-state index in [4.69, 9.17) is 5.11 Å². The zero-order valence-corrected chi connectivity index (χ0v) is 12.5. The van der Waals surface area contributed by atoms with E-state index in [1.54, 1.807) is 47.3 Å². The summed E-state index contributed by atoms with van der Waals surface area (Å²) >= 11 is 0. The standard InChI is InChI=1S/C18H14N2O4/c21-15-7-5-14(6-8-15)20-11-13(4-9-17(23)24)18(19-20)12-2-1-3-16(22)10-12/h1-11,21-22H,(H,23,24)/b9-4+. The summed E-state index contributed by atoms with van der Waals surface area (Å²) < 4.78 is 1.58. The molecule has 0 bridgehead atoms. The lowest BCUT2D eigenvalue weighted by Crippen LogP contribution is -1.94. The Morgan fingerprint density at radius 2 is 1.79 bits per heavy atom. The van der Waals surface area contributed by atoms with E-state index in [2.05, 4.69) is 5.10 Å². The highest BCUT2D eigenvalue weighted by molar-refractivity contribution is 5.87. The maximum Gasteiger partial charge on any atom is 0.328 e. The van der Waals surface area contributed by atoms with E-state index in [1.165, 1.54) is 18.2 Å². The summed E-state index contributed by atoms with van der Waals surface area (Å²) in [5.41, 5.74) is 2.51. The highest BCUT2D eigenvalue weighted by Crippen LogP contribution is 2.27. The lowest BCUT2D eigenvalue weighted by atomic mass is 10.1. The molecule has 0 saturated heterocycles. The van der Waals surface area contributed by atoms with Gasteiger partial charge in [0.1, 0.15) is 17.2 Å². The van der Waals surface area contributed by atoms with E-state index in [0.29, 0.717) is 22.5 Å². The van der Waals surface area contributed by atoms with Gasteiger partial charge in [-0.25, -0.2) is 9.48 Å². The zero-order valence-electron chi connectivity index (χ0n) is 12.5. The molecule has 0 atom stereocenters. The molecule has 0 spiro atoms. The van der Waals surface area contributed by atoms with Crippen molar-refractivity contribution in [2.75, 3.05) is 0 Å². The van der Waals surface area contributed by atoms with Gasteiger partial charge < -0.3 is 15.3 Å². The SMILES string of the molecule is O=C(O)/C=C/c1cn(-c2ccc(O)cc2)nc1-c1cccc(O)c1. The highest BCUT2D eigenvalue weighted by Gasteiger charge is 2.11. The summed E-state index contributed by atoms with van der Waals surface area (Å²) in [6, 6.07) is 13.0. The molecule has 120 valence electrons. The number of hydrogen-bond acceptors (Lipinski definition) is 4. The molecule has 0 saturated carbocycles. The molecule has 0 radical (unpaired) electrons. The number of aromatic hydroxyl groups is 2. The fourth-order valence-electron chi connectivity index (χ4n) is 2.29. The summed E-state index contributed by atoms with van der Waals surface area (Å²) in [6.45, 7) is 0. The van der Waals surface area contributed by atoms with Gasteiger partial charge in [0.05, 0.1) is 5.69 Å². The van der Waals surface area contributed by atoms with Crippen LogP contribution in [-0.4, -0.2) is 31.1 Å². The average molecular weight is 322 g/mol. The quantitative estimate of drug-likeness (QED) is 0.642. The molecule has 3 rings (SSSR count). The van der Waals surface area contributed by atoms with Crippen LogP contribution in [0.15, 0.2) is 60.8 Å². The first kappa shape index (κ1) is 15.4. The Morgan fingerprint density at radius 1 is 1.04 bits per heavy atom. The molecule has 0 unspecified atom stereocenters. The molecule has 0 amide bonds. The molecule has 0 fully saturated rings. The summed E-state index contributed by atoms with van der Waals surface area (Å²) in [7, 11) is 0. The van der Waals surface area contributed by atoms with Gasteiger partial charge >= 0.3 is 5.97 Å². The van der Waals surface area contributed by atoms with E-state index >= 15 is 0 Å². The normalized spacial score (nSPS) is 11.0. The van der Waals surface area contributed by atoms with Crippen molar-refractivity contribution >= 4 is 12.0 Å². The van der Waals surface area contributed by atoms with Crippen LogP contribution in [0.25, 0.3) is 23.0 Å². The molecule has 0 aliphatic heterocycles. The smallest absolute Gasteiger partial charge is 0.328 e. The number of benzene rings is 2. The third-order valence-corrected chi connectivity index (χ3v) is 3.38. The Labute approximate surface area is 137 Å². The van der Waals surface area contributed by atoms with Gasteiger partial charge in [-0.1, -0.05) is 12.1 Å². The van der Waals surface area contributed by atoms with Crippen LogP contribution in [0.5, 0.6) is 11.5 Å². The number of carbonyl (C=O) groups is 1. The maximum absolute atomic E-state index is 10.8. The van der Waals surface area contributed by atoms with E-state index in [-0.39, 0.29) is 11.5 Å². The molecule has 6 nitrogen and oxygen atoms in total. The van der Waals surface area contributed by atoms with Crippen LogP contribution in [0.4, 0.5) is 0 Å². The molecule has 3 N–H and O–H groups in total. The molecule has 24 heavy (non-hydrogen) atoms. The third kappa shape index (κ3) is 3.27. The van der Waals surface area contributed by atoms with Gasteiger partial charge in [-0.2, -0.15) is 5.10 Å². The van der Waals surface area contributed by atoms with Crippen LogP contribution in [0.3, 0.4) is 0 Å². The van der Waals surface area contributed by atoms with Crippen LogP contribution in [-0.2, 0) is 4.79 Å². The minimum atomic E-state index is -1.06.